The molecule has 4 unspecified atom stereocenters. The van der Waals surface area contributed by atoms with Crippen LogP contribution in [0.4, 0.5) is 14.9 Å². The summed E-state index contributed by atoms with van der Waals surface area (Å²) in [5.41, 5.74) is 8.54. The summed E-state index contributed by atoms with van der Waals surface area (Å²) in [5.74, 6) is -2.78. The predicted molar refractivity (Wildman–Crippen MR) is 145 cm³/mol. The van der Waals surface area contributed by atoms with Gasteiger partial charge >= 0.3 is 6.03 Å². The van der Waals surface area contributed by atoms with Gasteiger partial charge in [0.1, 0.15) is 11.9 Å². The highest BCUT2D eigenvalue weighted by Gasteiger charge is 2.57. The smallest absolute Gasteiger partial charge is 0.323 e. The van der Waals surface area contributed by atoms with Crippen LogP contribution in [0.25, 0.3) is 0 Å². The van der Waals surface area contributed by atoms with Crippen molar-refractivity contribution in [2.24, 2.45) is 11.7 Å². The van der Waals surface area contributed by atoms with Gasteiger partial charge in [0.05, 0.1) is 12.0 Å². The van der Waals surface area contributed by atoms with Crippen LogP contribution in [0.2, 0.25) is 0 Å². The molecule has 3 amide bonds. The number of rotatable bonds is 6. The summed E-state index contributed by atoms with van der Waals surface area (Å²) in [5, 5.41) is 4.65. The van der Waals surface area contributed by atoms with Crippen molar-refractivity contribution < 1.29 is 18.8 Å². The van der Waals surface area contributed by atoms with Crippen LogP contribution in [0.3, 0.4) is 0 Å². The van der Waals surface area contributed by atoms with E-state index in [-0.39, 0.29) is 5.78 Å². The Kier molecular flexibility index (Phi) is 7.07. The molecule has 1 aromatic heterocycles. The molecule has 3 N–H and O–H groups in total. The number of halogens is 1. The topological polar surface area (TPSA) is 92.5 Å². The third-order valence-electron chi connectivity index (χ3n) is 6.94. The molecule has 38 heavy (non-hydrogen) atoms. The van der Waals surface area contributed by atoms with Gasteiger partial charge in [0, 0.05) is 22.0 Å². The molecule has 1 aliphatic rings. The van der Waals surface area contributed by atoms with Crippen LogP contribution in [0.1, 0.15) is 38.3 Å². The number of Topliss-reactive ketones (excluding diaryl/α,β-unsaturated/α-hetero) is 1. The van der Waals surface area contributed by atoms with E-state index in [1.165, 1.54) is 40.5 Å². The van der Waals surface area contributed by atoms with Crippen molar-refractivity contribution >= 4 is 34.7 Å². The van der Waals surface area contributed by atoms with Crippen LogP contribution >= 0.6 is 11.3 Å². The minimum Gasteiger partial charge on any atom is -0.368 e. The van der Waals surface area contributed by atoms with Gasteiger partial charge in [-0.15, -0.1) is 11.3 Å². The highest BCUT2D eigenvalue weighted by molar-refractivity contribution is 7.10. The Balaban J connectivity index is 1.67. The molecule has 3 aromatic carbocycles. The highest BCUT2D eigenvalue weighted by Crippen LogP contribution is 2.52. The fourth-order valence-corrected chi connectivity index (χ4v) is 6.15. The van der Waals surface area contributed by atoms with Crippen molar-refractivity contribution in [2.75, 3.05) is 5.32 Å². The Morgan fingerprint density at radius 3 is 2.18 bits per heavy atom. The largest absolute Gasteiger partial charge is 0.368 e. The van der Waals surface area contributed by atoms with Gasteiger partial charge in [-0.2, -0.15) is 0 Å². The van der Waals surface area contributed by atoms with Crippen molar-refractivity contribution in [1.29, 1.82) is 0 Å². The first kappa shape index (κ1) is 25.4. The average molecular weight is 528 g/mol. The number of carbonyl (C=O) groups is 3. The number of likely N-dealkylation sites (tertiary alicyclic amines) is 1. The normalized spacial score (nSPS) is 20.7. The fourth-order valence-electron chi connectivity index (χ4n) is 5.25. The number of ketones is 1. The van der Waals surface area contributed by atoms with E-state index in [0.29, 0.717) is 16.8 Å². The lowest BCUT2D eigenvalue weighted by Crippen LogP contribution is -2.48. The number of primary amides is 1. The second kappa shape index (κ2) is 10.6. The van der Waals surface area contributed by atoms with Crippen molar-refractivity contribution in [3.63, 3.8) is 0 Å². The van der Waals surface area contributed by atoms with Crippen LogP contribution in [0.5, 0.6) is 0 Å². The molecule has 1 fully saturated rings. The molecule has 0 radical (unpaired) electrons. The monoisotopic (exact) mass is 527 g/mol. The molecular weight excluding hydrogens is 501 g/mol. The van der Waals surface area contributed by atoms with E-state index in [0.717, 1.165) is 10.4 Å². The lowest BCUT2D eigenvalue weighted by Gasteiger charge is -2.31. The molecular formula is C30H26FN3O3S. The number of amides is 3. The Bertz CT molecular complexity index is 1440. The molecule has 1 saturated heterocycles. The van der Waals surface area contributed by atoms with E-state index in [9.17, 15) is 18.8 Å². The Morgan fingerprint density at radius 2 is 1.58 bits per heavy atom. The van der Waals surface area contributed by atoms with Gasteiger partial charge in [-0.3, -0.25) is 9.59 Å². The number of urea groups is 1. The molecule has 2 heterocycles. The van der Waals surface area contributed by atoms with Crippen molar-refractivity contribution in [3.05, 3.63) is 124 Å². The van der Waals surface area contributed by atoms with E-state index in [1.54, 1.807) is 12.1 Å². The van der Waals surface area contributed by atoms with E-state index in [4.69, 9.17) is 5.73 Å². The molecule has 4 aromatic rings. The summed E-state index contributed by atoms with van der Waals surface area (Å²) in [7, 11) is 0. The van der Waals surface area contributed by atoms with Crippen molar-refractivity contribution in [2.45, 2.75) is 24.9 Å². The number of nitrogens with zero attached hydrogens (tertiary/aromatic N) is 1. The first-order valence-electron chi connectivity index (χ1n) is 12.2. The number of hydrogen-bond donors (Lipinski definition) is 2. The zero-order valence-corrected chi connectivity index (χ0v) is 21.4. The van der Waals surface area contributed by atoms with Gasteiger partial charge in [-0.25, -0.2) is 9.18 Å². The van der Waals surface area contributed by atoms with E-state index >= 15 is 0 Å². The van der Waals surface area contributed by atoms with Gasteiger partial charge in [0.25, 0.3) is 0 Å². The van der Waals surface area contributed by atoms with Crippen LogP contribution in [0.15, 0.2) is 96.4 Å². The minimum atomic E-state index is -1.10. The van der Waals surface area contributed by atoms with Gasteiger partial charge in [0.2, 0.25) is 5.91 Å². The first-order valence-corrected chi connectivity index (χ1v) is 13.1. The molecule has 0 spiro atoms. The summed E-state index contributed by atoms with van der Waals surface area (Å²) >= 11 is 1.42. The van der Waals surface area contributed by atoms with E-state index in [2.05, 4.69) is 5.32 Å². The Hall–Kier alpha value is -4.30. The fraction of sp³-hybridized carbons (Fsp3) is 0.167. The molecule has 192 valence electrons. The van der Waals surface area contributed by atoms with Crippen LogP contribution < -0.4 is 11.1 Å². The number of anilines is 1. The van der Waals surface area contributed by atoms with Crippen molar-refractivity contribution in [3.8, 4) is 0 Å². The van der Waals surface area contributed by atoms with Gasteiger partial charge in [-0.05, 0) is 48.2 Å². The SMILES string of the molecule is Cc1ccc(C(=O)C2C(c3cccs3)C(C(N)=O)N(C(=O)Nc3ccc(F)cc3)C2c2ccccc2)cc1. The molecule has 5 rings (SSSR count). The standard InChI is InChI=1S/C30H26FN3O3S/c1-18-9-11-20(12-10-18)28(35)25-24(23-8-5-17-38-23)27(29(32)36)34(26(25)19-6-3-2-4-7-19)30(37)33-22-15-13-21(31)14-16-22/h2-17,24-27H,1H3,(H2,32,36)(H,33,37). The molecule has 8 heteroatoms. The maximum atomic E-state index is 14.2. The third-order valence-corrected chi connectivity index (χ3v) is 7.91. The molecule has 0 bridgehead atoms. The summed E-state index contributed by atoms with van der Waals surface area (Å²) in [6.07, 6.45) is 0. The van der Waals surface area contributed by atoms with E-state index in [1.807, 2.05) is 66.9 Å². The zero-order chi connectivity index (χ0) is 26.8. The minimum absolute atomic E-state index is 0.180. The summed E-state index contributed by atoms with van der Waals surface area (Å²) in [6, 6.07) is 23.0. The Morgan fingerprint density at radius 1 is 0.895 bits per heavy atom. The van der Waals surface area contributed by atoms with E-state index < -0.39 is 41.7 Å². The zero-order valence-electron chi connectivity index (χ0n) is 20.6. The number of thiophene rings is 1. The third kappa shape index (κ3) is 4.82. The highest BCUT2D eigenvalue weighted by atomic mass is 32.1. The quantitative estimate of drug-likeness (QED) is 0.305. The number of nitrogens with two attached hydrogens (primary N) is 1. The maximum Gasteiger partial charge on any atom is 0.323 e. The summed E-state index contributed by atoms with van der Waals surface area (Å²) in [6.45, 7) is 1.94. The lowest BCUT2D eigenvalue weighted by molar-refractivity contribution is -0.122. The second-order valence-electron chi connectivity index (χ2n) is 9.34. The number of aryl methyl sites for hydroxylation is 1. The number of carbonyl (C=O) groups excluding carboxylic acids is 3. The predicted octanol–water partition coefficient (Wildman–Crippen LogP) is 5.92. The molecule has 0 saturated carbocycles. The van der Waals surface area contributed by atoms with Gasteiger partial charge in [0.15, 0.2) is 5.78 Å². The van der Waals surface area contributed by atoms with Gasteiger partial charge in [-0.1, -0.05) is 66.2 Å². The van der Waals surface area contributed by atoms with Gasteiger partial charge < -0.3 is 16.0 Å². The van der Waals surface area contributed by atoms with Crippen LogP contribution in [0, 0.1) is 18.7 Å². The molecule has 1 aliphatic heterocycles. The summed E-state index contributed by atoms with van der Waals surface area (Å²) < 4.78 is 13.5. The Labute approximate surface area is 223 Å². The molecule has 6 nitrogen and oxygen atoms in total. The molecule has 4 atom stereocenters. The van der Waals surface area contributed by atoms with Crippen LogP contribution in [-0.2, 0) is 4.79 Å². The molecule has 0 aliphatic carbocycles. The average Bonchev–Trinajstić information content (AvgIpc) is 3.57. The summed E-state index contributed by atoms with van der Waals surface area (Å²) in [4.78, 5) is 43.4. The van der Waals surface area contributed by atoms with Crippen LogP contribution in [-0.4, -0.2) is 28.7 Å². The number of hydrogen-bond acceptors (Lipinski definition) is 4. The maximum absolute atomic E-state index is 14.2. The second-order valence-corrected chi connectivity index (χ2v) is 10.3. The first-order chi connectivity index (χ1) is 18.3. The number of nitrogens with one attached hydrogen (secondary N) is 1. The van der Waals surface area contributed by atoms with Crippen molar-refractivity contribution in [1.82, 2.24) is 4.90 Å². The number of benzene rings is 3. The lowest BCUT2D eigenvalue weighted by atomic mass is 9.78.